The molecular formula is C34H44ClN3O5S. The molecule has 2 aromatic carbocycles. The molecule has 2 N–H and O–H groups in total. The summed E-state index contributed by atoms with van der Waals surface area (Å²) < 4.78 is 35.7. The Balaban J connectivity index is 1.55. The zero-order valence-electron chi connectivity index (χ0n) is 25.9. The number of nitrogens with two attached hydrogens (primary N) is 1. The third-order valence-electron chi connectivity index (χ3n) is 9.50. The number of benzene rings is 2. The molecule has 0 aromatic heterocycles. The summed E-state index contributed by atoms with van der Waals surface area (Å²) >= 11 is 6.41. The zero-order chi connectivity index (χ0) is 31.7. The number of halogens is 1. The van der Waals surface area contributed by atoms with Crippen LogP contribution >= 0.6 is 11.6 Å². The minimum atomic E-state index is -3.59. The summed E-state index contributed by atoms with van der Waals surface area (Å²) in [5.74, 6) is 0.712. The van der Waals surface area contributed by atoms with Gasteiger partial charge in [-0.25, -0.2) is 9.35 Å². The van der Waals surface area contributed by atoms with Crippen LogP contribution in [0.2, 0.25) is 5.02 Å². The maximum Gasteiger partial charge on any atom is 0.286 e. The molecule has 1 amide bonds. The fraction of sp³-hybridized carbons (Fsp3) is 0.500. The van der Waals surface area contributed by atoms with E-state index in [0.717, 1.165) is 49.4 Å². The van der Waals surface area contributed by atoms with Gasteiger partial charge in [-0.1, -0.05) is 29.8 Å². The summed E-state index contributed by atoms with van der Waals surface area (Å²) in [7, 11) is -1.86. The molecule has 44 heavy (non-hydrogen) atoms. The fourth-order valence-corrected chi connectivity index (χ4v) is 8.18. The molecule has 1 fully saturated rings. The third-order valence-corrected chi connectivity index (χ3v) is 11.1. The summed E-state index contributed by atoms with van der Waals surface area (Å²) in [5, 5.41) is 7.03. The molecule has 2 aromatic rings. The van der Waals surface area contributed by atoms with Gasteiger partial charge in [0.05, 0.1) is 29.9 Å². The number of rotatable bonds is 10. The van der Waals surface area contributed by atoms with E-state index in [-0.39, 0.29) is 23.0 Å². The number of nitrogens with zero attached hydrogens (tertiary/aromatic N) is 2. The SMILES string of the molecule is C=CCOC(C)(C)C(=O)N=S(N)(=O)c1ccc2c(c1)N(C[C@@H]1CC[C@H]1[C@@H](C=C)OC)C[C@@]1(CCCc3cc(Cl)ccc31)CO2. The topological polar surface area (TPSA) is 103 Å². The standard InChI is InChI=1S/C34H44ClN3O5S/c1-6-17-43-33(3,4)32(39)37-44(36,40)26-12-15-31-29(19-26)38(20-24-10-13-27(24)30(7-2)41-5)21-34(22-42-31)16-8-9-23-18-25(35)11-14-28(23)34/h6-7,11-12,14-15,18-19,24,27,30H,1-2,8-10,13,16-17,20-22H2,3-5H3,(H2,36,37,39,40)/t24-,27+,30+,34-,44?/m0/s1. The Kier molecular flexibility index (Phi) is 9.64. The highest BCUT2D eigenvalue weighted by molar-refractivity contribution is 7.91. The number of methoxy groups -OCH3 is 1. The molecule has 1 saturated carbocycles. The van der Waals surface area contributed by atoms with Gasteiger partial charge < -0.3 is 19.1 Å². The number of carbonyl (C=O) groups excluding carboxylic acids is 1. The maximum atomic E-state index is 13.8. The first-order valence-corrected chi connectivity index (χ1v) is 17.2. The first-order chi connectivity index (χ1) is 20.9. The molecule has 0 radical (unpaired) electrons. The molecule has 2 aliphatic carbocycles. The van der Waals surface area contributed by atoms with Gasteiger partial charge in [0.25, 0.3) is 5.91 Å². The number of ether oxygens (including phenoxy) is 3. The van der Waals surface area contributed by atoms with Crippen LogP contribution in [0.1, 0.15) is 50.7 Å². The van der Waals surface area contributed by atoms with Crippen LogP contribution in [0.5, 0.6) is 5.75 Å². The van der Waals surface area contributed by atoms with Crippen molar-refractivity contribution in [3.63, 3.8) is 0 Å². The van der Waals surface area contributed by atoms with E-state index in [1.807, 2.05) is 12.1 Å². The number of carbonyl (C=O) groups is 1. The van der Waals surface area contributed by atoms with Gasteiger partial charge >= 0.3 is 0 Å². The molecule has 1 spiro atoms. The second-order valence-corrected chi connectivity index (χ2v) is 15.0. The number of fused-ring (bicyclic) bond motifs is 3. The lowest BCUT2D eigenvalue weighted by Crippen LogP contribution is -2.49. The second kappa shape index (κ2) is 13.0. The normalized spacial score (nSPS) is 24.9. The predicted molar refractivity (Wildman–Crippen MR) is 176 cm³/mol. The van der Waals surface area contributed by atoms with Crippen LogP contribution in [0, 0.1) is 11.8 Å². The number of amides is 1. The minimum absolute atomic E-state index is 0.0199. The van der Waals surface area contributed by atoms with Crippen LogP contribution in [0.25, 0.3) is 0 Å². The van der Waals surface area contributed by atoms with E-state index in [4.69, 9.17) is 31.0 Å². The van der Waals surface area contributed by atoms with Gasteiger partial charge in [0, 0.05) is 30.6 Å². The van der Waals surface area contributed by atoms with Crippen LogP contribution in [0.3, 0.4) is 0 Å². The lowest BCUT2D eigenvalue weighted by atomic mass is 9.68. The van der Waals surface area contributed by atoms with Crippen LogP contribution in [-0.2, 0) is 36.0 Å². The molecule has 1 aliphatic heterocycles. The Morgan fingerprint density at radius 3 is 2.77 bits per heavy atom. The van der Waals surface area contributed by atoms with Gasteiger partial charge in [0.2, 0.25) is 0 Å². The summed E-state index contributed by atoms with van der Waals surface area (Å²) in [6.07, 6.45) is 8.53. The molecule has 1 unspecified atom stereocenters. The quantitative estimate of drug-likeness (QED) is 0.308. The van der Waals surface area contributed by atoms with E-state index in [1.54, 1.807) is 45.2 Å². The maximum absolute atomic E-state index is 13.8. The first kappa shape index (κ1) is 32.7. The molecule has 5 atom stereocenters. The molecule has 1 heterocycles. The average molecular weight is 642 g/mol. The molecule has 10 heteroatoms. The van der Waals surface area contributed by atoms with Crippen molar-refractivity contribution in [3.05, 3.63) is 77.9 Å². The average Bonchev–Trinajstić information content (AvgIpc) is 3.13. The molecule has 5 rings (SSSR count). The van der Waals surface area contributed by atoms with Gasteiger partial charge in [0.1, 0.15) is 21.3 Å². The van der Waals surface area contributed by atoms with Crippen molar-refractivity contribution >= 4 is 33.1 Å². The number of hydrogen-bond donors (Lipinski definition) is 1. The predicted octanol–water partition coefficient (Wildman–Crippen LogP) is 6.25. The molecular weight excluding hydrogens is 598 g/mol. The second-order valence-electron chi connectivity index (χ2n) is 12.7. The summed E-state index contributed by atoms with van der Waals surface area (Å²) in [6.45, 7) is 12.9. The molecule has 3 aliphatic rings. The number of aryl methyl sites for hydroxylation is 1. The third kappa shape index (κ3) is 6.49. The highest BCUT2D eigenvalue weighted by Gasteiger charge is 2.44. The van der Waals surface area contributed by atoms with E-state index in [9.17, 15) is 9.00 Å². The van der Waals surface area contributed by atoms with E-state index in [0.29, 0.717) is 30.7 Å². The van der Waals surface area contributed by atoms with Gasteiger partial charge in [-0.2, -0.15) is 0 Å². The molecule has 0 bridgehead atoms. The Labute approximate surface area is 266 Å². The largest absolute Gasteiger partial charge is 0.490 e. The van der Waals surface area contributed by atoms with E-state index >= 15 is 0 Å². The zero-order valence-corrected chi connectivity index (χ0v) is 27.5. The molecule has 238 valence electrons. The Morgan fingerprint density at radius 1 is 1.30 bits per heavy atom. The van der Waals surface area contributed by atoms with Gasteiger partial charge in [-0.15, -0.1) is 17.5 Å². The summed E-state index contributed by atoms with van der Waals surface area (Å²) in [5.41, 5.74) is 1.76. The van der Waals surface area contributed by atoms with Gasteiger partial charge in [0.15, 0.2) is 0 Å². The highest BCUT2D eigenvalue weighted by atomic mass is 35.5. The molecule has 0 saturated heterocycles. The molecule has 8 nitrogen and oxygen atoms in total. The monoisotopic (exact) mass is 641 g/mol. The lowest BCUT2D eigenvalue weighted by molar-refractivity contribution is -0.137. The van der Waals surface area contributed by atoms with E-state index in [2.05, 4.69) is 34.6 Å². The van der Waals surface area contributed by atoms with E-state index in [1.165, 1.54) is 11.1 Å². The van der Waals surface area contributed by atoms with Crippen molar-refractivity contribution in [1.29, 1.82) is 0 Å². The van der Waals surface area contributed by atoms with Gasteiger partial charge in [-0.3, -0.25) is 4.79 Å². The van der Waals surface area contributed by atoms with Crippen molar-refractivity contribution in [2.75, 3.05) is 38.3 Å². The lowest BCUT2D eigenvalue weighted by Gasteiger charge is -2.46. The van der Waals surface area contributed by atoms with Crippen molar-refractivity contribution < 1.29 is 23.2 Å². The van der Waals surface area contributed by atoms with Crippen molar-refractivity contribution in [1.82, 2.24) is 0 Å². The van der Waals surface area contributed by atoms with E-state index < -0.39 is 21.4 Å². The smallest absolute Gasteiger partial charge is 0.286 e. The Morgan fingerprint density at radius 2 is 2.09 bits per heavy atom. The fourth-order valence-electron chi connectivity index (χ4n) is 6.87. The number of anilines is 1. The van der Waals surface area contributed by atoms with Gasteiger partial charge in [-0.05, 0) is 99.2 Å². The summed E-state index contributed by atoms with van der Waals surface area (Å²) in [4.78, 5) is 15.6. The van der Waals surface area contributed by atoms with Crippen LogP contribution in [-0.4, -0.2) is 55.2 Å². The minimum Gasteiger partial charge on any atom is -0.490 e. The van der Waals surface area contributed by atoms with Crippen molar-refractivity contribution in [2.24, 2.45) is 21.3 Å². The van der Waals surface area contributed by atoms with Crippen LogP contribution in [0.4, 0.5) is 5.69 Å². The van der Waals surface area contributed by atoms with Crippen molar-refractivity contribution in [2.45, 2.75) is 68.0 Å². The van der Waals surface area contributed by atoms with Crippen molar-refractivity contribution in [3.8, 4) is 5.75 Å². The number of hydrogen-bond acceptors (Lipinski definition) is 6. The Bertz CT molecular complexity index is 1550. The Hall–Kier alpha value is -2.69. The first-order valence-electron chi connectivity index (χ1n) is 15.2. The summed E-state index contributed by atoms with van der Waals surface area (Å²) in [6, 6.07) is 11.4. The van der Waals surface area contributed by atoms with Crippen LogP contribution < -0.4 is 14.8 Å². The highest BCUT2D eigenvalue weighted by Crippen LogP contribution is 2.47. The van der Waals surface area contributed by atoms with Crippen LogP contribution in [0.15, 0.2) is 71.0 Å².